The zero-order valence-corrected chi connectivity index (χ0v) is 13.4. The second kappa shape index (κ2) is 7.40. The predicted molar refractivity (Wildman–Crippen MR) is 80.0 cm³/mol. The molecule has 0 fully saturated rings. The number of hydrogen-bond donors (Lipinski definition) is 2. The highest BCUT2D eigenvalue weighted by Crippen LogP contribution is 2.30. The highest BCUT2D eigenvalue weighted by Gasteiger charge is 2.25. The fraction of sp³-hybridized carbons (Fsp3) is 0.571. The summed E-state index contributed by atoms with van der Waals surface area (Å²) >= 11 is 0.991. The maximum absolute atomic E-state index is 11.4. The Bertz CT molecular complexity index is 546. The molecule has 116 valence electrons. The van der Waals surface area contributed by atoms with Crippen molar-refractivity contribution in [1.29, 1.82) is 0 Å². The minimum atomic E-state index is -1.13. The maximum Gasteiger partial charge on any atom is 0.340 e. The van der Waals surface area contributed by atoms with Crippen molar-refractivity contribution in [3.05, 3.63) is 17.1 Å². The topological polar surface area (TPSA) is 100 Å². The number of rotatable bonds is 7. The first-order valence-electron chi connectivity index (χ1n) is 6.79. The summed E-state index contributed by atoms with van der Waals surface area (Å²) in [6, 6.07) is 0. The molecule has 0 aliphatic heterocycles. The average Bonchev–Trinajstić information content (AvgIpc) is 2.36. The van der Waals surface area contributed by atoms with E-state index in [1.165, 1.54) is 0 Å². The van der Waals surface area contributed by atoms with Crippen molar-refractivity contribution < 1.29 is 19.8 Å². The molecule has 0 radical (unpaired) electrons. The van der Waals surface area contributed by atoms with E-state index in [1.807, 2.05) is 20.8 Å². The van der Waals surface area contributed by atoms with Crippen LogP contribution in [0.2, 0.25) is 0 Å². The van der Waals surface area contributed by atoms with E-state index in [4.69, 9.17) is 0 Å². The zero-order chi connectivity index (χ0) is 16.2. The maximum atomic E-state index is 11.4. The zero-order valence-electron chi connectivity index (χ0n) is 12.6. The van der Waals surface area contributed by atoms with Gasteiger partial charge in [0.05, 0.1) is 5.69 Å². The molecular weight excluding hydrogens is 292 g/mol. The van der Waals surface area contributed by atoms with Crippen molar-refractivity contribution in [3.8, 4) is 0 Å². The molecule has 0 aromatic carbocycles. The second-order valence-electron chi connectivity index (χ2n) is 5.04. The van der Waals surface area contributed by atoms with Gasteiger partial charge in [-0.05, 0) is 13.3 Å². The van der Waals surface area contributed by atoms with Crippen LogP contribution in [0.5, 0.6) is 0 Å². The Morgan fingerprint density at radius 2 is 1.86 bits per heavy atom. The number of aromatic carboxylic acids is 1. The van der Waals surface area contributed by atoms with Gasteiger partial charge in [0, 0.05) is 5.92 Å². The fourth-order valence-electron chi connectivity index (χ4n) is 1.79. The molecule has 1 unspecified atom stereocenters. The van der Waals surface area contributed by atoms with Crippen molar-refractivity contribution >= 4 is 23.7 Å². The minimum absolute atomic E-state index is 0.00764. The summed E-state index contributed by atoms with van der Waals surface area (Å²) < 4.78 is 0. The number of aliphatic carboxylic acids is 1. The van der Waals surface area contributed by atoms with Gasteiger partial charge in [0.15, 0.2) is 0 Å². The summed E-state index contributed by atoms with van der Waals surface area (Å²) in [6.07, 6.45) is 1.16. The predicted octanol–water partition coefficient (Wildman–Crippen LogP) is 2.95. The third-order valence-electron chi connectivity index (χ3n) is 2.88. The van der Waals surface area contributed by atoms with Crippen LogP contribution in [0.15, 0.2) is 5.03 Å². The molecule has 1 rings (SSSR count). The molecule has 1 heterocycles. The van der Waals surface area contributed by atoms with Crippen LogP contribution in [0.4, 0.5) is 0 Å². The van der Waals surface area contributed by atoms with Gasteiger partial charge >= 0.3 is 11.9 Å². The largest absolute Gasteiger partial charge is 0.480 e. The Morgan fingerprint density at radius 3 is 2.29 bits per heavy atom. The van der Waals surface area contributed by atoms with Crippen molar-refractivity contribution in [2.45, 2.75) is 56.7 Å². The first-order valence-corrected chi connectivity index (χ1v) is 7.67. The molecule has 0 saturated heterocycles. The van der Waals surface area contributed by atoms with Crippen molar-refractivity contribution in [1.82, 2.24) is 9.97 Å². The van der Waals surface area contributed by atoms with Crippen LogP contribution in [0.25, 0.3) is 0 Å². The average molecular weight is 312 g/mol. The number of aromatic nitrogens is 2. The van der Waals surface area contributed by atoms with Gasteiger partial charge in [-0.15, -0.1) is 0 Å². The van der Waals surface area contributed by atoms with E-state index in [-0.39, 0.29) is 16.5 Å². The lowest BCUT2D eigenvalue weighted by molar-refractivity contribution is -0.136. The van der Waals surface area contributed by atoms with Crippen LogP contribution in [0.3, 0.4) is 0 Å². The van der Waals surface area contributed by atoms with E-state index in [2.05, 4.69) is 9.97 Å². The van der Waals surface area contributed by atoms with E-state index in [1.54, 1.807) is 6.92 Å². The second-order valence-corrected chi connectivity index (χ2v) is 6.23. The van der Waals surface area contributed by atoms with Gasteiger partial charge in [-0.2, -0.15) is 0 Å². The summed E-state index contributed by atoms with van der Waals surface area (Å²) in [5.74, 6) is -1.52. The summed E-state index contributed by atoms with van der Waals surface area (Å²) in [4.78, 5) is 31.1. The first-order chi connectivity index (χ1) is 9.77. The van der Waals surface area contributed by atoms with Gasteiger partial charge in [0.1, 0.15) is 21.7 Å². The molecule has 0 spiro atoms. The van der Waals surface area contributed by atoms with Crippen molar-refractivity contribution in [2.24, 2.45) is 0 Å². The Morgan fingerprint density at radius 1 is 1.24 bits per heavy atom. The van der Waals surface area contributed by atoms with Crippen LogP contribution >= 0.6 is 11.8 Å². The van der Waals surface area contributed by atoms with Crippen molar-refractivity contribution in [3.63, 3.8) is 0 Å². The van der Waals surface area contributed by atoms with Crippen LogP contribution < -0.4 is 0 Å². The number of thioether (sulfide) groups is 1. The van der Waals surface area contributed by atoms with Gasteiger partial charge in [-0.25, -0.2) is 14.8 Å². The standard InChI is InChI=1S/C14H20N2O4S/c1-5-6-9(13(17)18)21-12-10(14(19)20)8(4)15-11(16-12)7(2)3/h7,9H,5-6H2,1-4H3,(H,17,18)(H,19,20). The van der Waals surface area contributed by atoms with Crippen LogP contribution in [0, 0.1) is 6.92 Å². The van der Waals surface area contributed by atoms with Gasteiger partial charge in [0.25, 0.3) is 0 Å². The van der Waals surface area contributed by atoms with Crippen LogP contribution in [-0.2, 0) is 4.79 Å². The minimum Gasteiger partial charge on any atom is -0.480 e. The molecule has 1 atom stereocenters. The SMILES string of the molecule is CCCC(Sc1nc(C(C)C)nc(C)c1C(=O)O)C(=O)O. The van der Waals surface area contributed by atoms with E-state index in [0.29, 0.717) is 24.4 Å². The van der Waals surface area contributed by atoms with Gasteiger partial charge in [-0.1, -0.05) is 39.0 Å². The quantitative estimate of drug-likeness (QED) is 0.589. The molecule has 7 heteroatoms. The molecule has 0 aliphatic rings. The van der Waals surface area contributed by atoms with Crippen LogP contribution in [0.1, 0.15) is 61.4 Å². The number of hydrogen-bond acceptors (Lipinski definition) is 5. The highest BCUT2D eigenvalue weighted by molar-refractivity contribution is 8.00. The monoisotopic (exact) mass is 312 g/mol. The molecule has 2 N–H and O–H groups in total. The molecule has 0 saturated carbocycles. The highest BCUT2D eigenvalue weighted by atomic mass is 32.2. The van der Waals surface area contributed by atoms with E-state index >= 15 is 0 Å². The lowest BCUT2D eigenvalue weighted by atomic mass is 10.2. The third kappa shape index (κ3) is 4.42. The number of carboxylic acid groups (broad SMARTS) is 2. The van der Waals surface area contributed by atoms with Gasteiger partial charge in [0.2, 0.25) is 0 Å². The van der Waals surface area contributed by atoms with Gasteiger partial charge < -0.3 is 10.2 Å². The Balaban J connectivity index is 3.30. The lowest BCUT2D eigenvalue weighted by Gasteiger charge is -2.15. The molecule has 0 amide bonds. The molecule has 6 nitrogen and oxygen atoms in total. The molecular formula is C14H20N2O4S. The molecule has 1 aromatic heterocycles. The number of carboxylic acids is 2. The number of nitrogens with zero attached hydrogens (tertiary/aromatic N) is 2. The van der Waals surface area contributed by atoms with Crippen molar-refractivity contribution in [2.75, 3.05) is 0 Å². The number of aryl methyl sites for hydroxylation is 1. The third-order valence-corrected chi connectivity index (χ3v) is 4.12. The Labute approximate surface area is 128 Å². The molecule has 21 heavy (non-hydrogen) atoms. The normalized spacial score (nSPS) is 12.4. The molecule has 0 aliphatic carbocycles. The summed E-state index contributed by atoms with van der Waals surface area (Å²) in [6.45, 7) is 7.31. The Kier molecular flexibility index (Phi) is 6.14. The van der Waals surface area contributed by atoms with Crippen LogP contribution in [-0.4, -0.2) is 37.4 Å². The fourth-order valence-corrected chi connectivity index (χ4v) is 3.01. The van der Waals surface area contributed by atoms with E-state index in [0.717, 1.165) is 11.8 Å². The first kappa shape index (κ1) is 17.4. The van der Waals surface area contributed by atoms with E-state index < -0.39 is 17.2 Å². The molecule has 1 aromatic rings. The smallest absolute Gasteiger partial charge is 0.340 e. The summed E-state index contributed by atoms with van der Waals surface area (Å²) in [7, 11) is 0. The number of carbonyl (C=O) groups is 2. The van der Waals surface area contributed by atoms with E-state index in [9.17, 15) is 19.8 Å². The van der Waals surface area contributed by atoms with Gasteiger partial charge in [-0.3, -0.25) is 4.79 Å². The lowest BCUT2D eigenvalue weighted by Crippen LogP contribution is -2.18. The summed E-state index contributed by atoms with van der Waals surface area (Å²) in [5, 5.41) is 18.1. The Hall–Kier alpha value is -1.63. The molecule has 0 bridgehead atoms. The summed E-state index contributed by atoms with van der Waals surface area (Å²) in [5.41, 5.74) is 0.357.